The van der Waals surface area contributed by atoms with Crippen LogP contribution in [-0.4, -0.2) is 20.8 Å². The fraction of sp³-hybridized carbons (Fsp3) is 1.00. The summed E-state index contributed by atoms with van der Waals surface area (Å²) in [6, 6.07) is 0. The normalized spacial score (nSPS) is 18.0. The fourth-order valence-electron chi connectivity index (χ4n) is 1.23. The molecular formula is C14H32O2Si. The van der Waals surface area contributed by atoms with Crippen LogP contribution in [-0.2, 0) is 8.85 Å². The van der Waals surface area contributed by atoms with Gasteiger partial charge in [0.1, 0.15) is 0 Å². The Balaban J connectivity index is 4.50. The average molecular weight is 260 g/mol. The molecule has 3 heteroatoms. The van der Waals surface area contributed by atoms with Crippen LogP contribution < -0.4 is 0 Å². The van der Waals surface area contributed by atoms with E-state index < -0.39 is 8.56 Å². The van der Waals surface area contributed by atoms with Gasteiger partial charge >= 0.3 is 8.56 Å². The van der Waals surface area contributed by atoms with Gasteiger partial charge in [0, 0.05) is 12.2 Å². The third-order valence-electron chi connectivity index (χ3n) is 3.36. The van der Waals surface area contributed by atoms with E-state index in [0.29, 0.717) is 0 Å². The second kappa shape index (κ2) is 5.41. The van der Waals surface area contributed by atoms with Crippen molar-refractivity contribution >= 4 is 8.56 Å². The maximum absolute atomic E-state index is 6.18. The van der Waals surface area contributed by atoms with Crippen LogP contribution in [0.3, 0.4) is 0 Å². The van der Waals surface area contributed by atoms with Gasteiger partial charge in [-0.15, -0.1) is 0 Å². The quantitative estimate of drug-likeness (QED) is 0.688. The fourth-order valence-corrected chi connectivity index (χ4v) is 3.70. The second-order valence-electron chi connectivity index (χ2n) is 7.65. The molecule has 2 nitrogen and oxygen atoms in total. The van der Waals surface area contributed by atoms with Gasteiger partial charge in [0.2, 0.25) is 0 Å². The van der Waals surface area contributed by atoms with Crippen molar-refractivity contribution in [2.24, 2.45) is 10.8 Å². The molecule has 0 saturated carbocycles. The summed E-state index contributed by atoms with van der Waals surface area (Å²) in [7, 11) is -2.05. The summed E-state index contributed by atoms with van der Waals surface area (Å²) < 4.78 is 12.4. The van der Waals surface area contributed by atoms with Gasteiger partial charge in [0.15, 0.2) is 0 Å². The molecule has 0 N–H and O–H groups in total. The Bertz CT molecular complexity index is 212. The van der Waals surface area contributed by atoms with Crippen molar-refractivity contribution in [1.29, 1.82) is 0 Å². The Morgan fingerprint density at radius 2 is 0.941 bits per heavy atom. The van der Waals surface area contributed by atoms with Gasteiger partial charge in [-0.05, 0) is 37.8 Å². The molecule has 2 unspecified atom stereocenters. The highest BCUT2D eigenvalue weighted by atomic mass is 28.4. The van der Waals surface area contributed by atoms with Gasteiger partial charge in [-0.2, -0.15) is 0 Å². The highest BCUT2D eigenvalue weighted by molar-refractivity contribution is 6.64. The second-order valence-corrected chi connectivity index (χ2v) is 10.9. The highest BCUT2D eigenvalue weighted by Crippen LogP contribution is 2.29. The minimum atomic E-state index is -2.05. The Kier molecular flexibility index (Phi) is 5.46. The molecule has 0 spiro atoms. The lowest BCUT2D eigenvalue weighted by molar-refractivity contribution is 0.0151. The van der Waals surface area contributed by atoms with E-state index in [1.807, 2.05) is 0 Å². The predicted molar refractivity (Wildman–Crippen MR) is 77.5 cm³/mol. The first-order valence-corrected chi connectivity index (χ1v) is 9.43. The van der Waals surface area contributed by atoms with Crippen molar-refractivity contribution in [3.05, 3.63) is 0 Å². The molecule has 17 heavy (non-hydrogen) atoms. The van der Waals surface area contributed by atoms with Crippen LogP contribution in [0.2, 0.25) is 13.1 Å². The lowest BCUT2D eigenvalue weighted by atomic mass is 9.91. The standard InChI is InChI=1S/C14H32O2Si/c1-11(13(3,4)5)15-17(9,10)16-12(2)14(6,7)8/h11-12H,1-10H3. The molecule has 0 heterocycles. The smallest absolute Gasteiger partial charge is 0.332 e. The van der Waals surface area contributed by atoms with Gasteiger partial charge in [-0.1, -0.05) is 41.5 Å². The summed E-state index contributed by atoms with van der Waals surface area (Å²) in [6.07, 6.45) is 0.438. The lowest BCUT2D eigenvalue weighted by Gasteiger charge is -2.38. The molecule has 0 fully saturated rings. The summed E-state index contributed by atoms with van der Waals surface area (Å²) >= 11 is 0. The zero-order chi connectivity index (χ0) is 14.1. The largest absolute Gasteiger partial charge is 0.391 e. The molecule has 0 aromatic heterocycles. The van der Waals surface area contributed by atoms with Crippen molar-refractivity contribution < 1.29 is 8.85 Å². The van der Waals surface area contributed by atoms with Gasteiger partial charge in [0.25, 0.3) is 0 Å². The Morgan fingerprint density at radius 1 is 0.706 bits per heavy atom. The van der Waals surface area contributed by atoms with E-state index in [4.69, 9.17) is 8.85 Å². The minimum Gasteiger partial charge on any atom is -0.391 e. The molecular weight excluding hydrogens is 228 g/mol. The van der Waals surface area contributed by atoms with Gasteiger partial charge in [-0.25, -0.2) is 0 Å². The van der Waals surface area contributed by atoms with E-state index in [9.17, 15) is 0 Å². The predicted octanol–water partition coefficient (Wildman–Crippen LogP) is 4.59. The molecule has 104 valence electrons. The van der Waals surface area contributed by atoms with Crippen LogP contribution in [0.5, 0.6) is 0 Å². The molecule has 0 amide bonds. The van der Waals surface area contributed by atoms with Crippen LogP contribution in [0, 0.1) is 10.8 Å². The molecule has 0 aliphatic heterocycles. The molecule has 0 radical (unpaired) electrons. The first-order valence-electron chi connectivity index (χ1n) is 6.61. The summed E-state index contributed by atoms with van der Waals surface area (Å²) in [6.45, 7) is 21.8. The zero-order valence-electron chi connectivity index (χ0n) is 13.5. The van der Waals surface area contributed by atoms with Crippen LogP contribution >= 0.6 is 0 Å². The molecule has 0 rings (SSSR count). The molecule has 0 aliphatic carbocycles. The van der Waals surface area contributed by atoms with Crippen molar-refractivity contribution in [3.63, 3.8) is 0 Å². The molecule has 0 aliphatic rings. The van der Waals surface area contributed by atoms with E-state index in [1.54, 1.807) is 0 Å². The first kappa shape index (κ1) is 17.1. The Morgan fingerprint density at radius 3 is 1.12 bits per heavy atom. The van der Waals surface area contributed by atoms with Crippen LogP contribution in [0.25, 0.3) is 0 Å². The highest BCUT2D eigenvalue weighted by Gasteiger charge is 2.36. The van der Waals surface area contributed by atoms with Crippen molar-refractivity contribution in [2.75, 3.05) is 0 Å². The van der Waals surface area contributed by atoms with Gasteiger partial charge in [-0.3, -0.25) is 0 Å². The van der Waals surface area contributed by atoms with Crippen LogP contribution in [0.1, 0.15) is 55.4 Å². The SMILES string of the molecule is CC(O[Si](C)(C)OC(C)C(C)(C)C)C(C)(C)C. The topological polar surface area (TPSA) is 18.5 Å². The van der Waals surface area contributed by atoms with E-state index in [2.05, 4.69) is 68.5 Å². The van der Waals surface area contributed by atoms with Gasteiger partial charge < -0.3 is 8.85 Å². The molecule has 2 atom stereocenters. The molecule has 0 bridgehead atoms. The molecule has 0 aromatic carbocycles. The Hall–Kier alpha value is 0.137. The zero-order valence-corrected chi connectivity index (χ0v) is 14.5. The summed E-state index contributed by atoms with van der Waals surface area (Å²) in [5.74, 6) is 0. The van der Waals surface area contributed by atoms with Crippen LogP contribution in [0.4, 0.5) is 0 Å². The lowest BCUT2D eigenvalue weighted by Crippen LogP contribution is -2.46. The number of hydrogen-bond donors (Lipinski definition) is 0. The van der Waals surface area contributed by atoms with Crippen LogP contribution in [0.15, 0.2) is 0 Å². The van der Waals surface area contributed by atoms with Gasteiger partial charge in [0.05, 0.1) is 0 Å². The maximum atomic E-state index is 6.18. The maximum Gasteiger partial charge on any atom is 0.332 e. The van der Waals surface area contributed by atoms with Crippen molar-refractivity contribution in [1.82, 2.24) is 0 Å². The van der Waals surface area contributed by atoms with E-state index in [1.165, 1.54) is 0 Å². The molecule has 0 saturated heterocycles. The molecule has 0 aromatic rings. The summed E-state index contributed by atoms with van der Waals surface area (Å²) in [5.41, 5.74) is 0.331. The third kappa shape index (κ3) is 6.58. The Labute approximate surface area is 109 Å². The summed E-state index contributed by atoms with van der Waals surface area (Å²) in [5, 5.41) is 0. The average Bonchev–Trinajstić information content (AvgIpc) is 1.97. The summed E-state index contributed by atoms with van der Waals surface area (Å²) in [4.78, 5) is 0. The monoisotopic (exact) mass is 260 g/mol. The van der Waals surface area contributed by atoms with E-state index in [0.717, 1.165) is 0 Å². The van der Waals surface area contributed by atoms with E-state index >= 15 is 0 Å². The van der Waals surface area contributed by atoms with Crippen molar-refractivity contribution in [3.8, 4) is 0 Å². The third-order valence-corrected chi connectivity index (χ3v) is 5.20. The first-order chi connectivity index (χ1) is 7.26. The number of hydrogen-bond acceptors (Lipinski definition) is 2. The number of rotatable bonds is 4. The van der Waals surface area contributed by atoms with Crippen molar-refractivity contribution in [2.45, 2.75) is 80.7 Å². The minimum absolute atomic E-state index is 0.165. The van der Waals surface area contributed by atoms with E-state index in [-0.39, 0.29) is 23.0 Å².